The molecule has 0 bridgehead atoms. The molecular formula is C10H22N2O2S. The smallest absolute Gasteiger partial charge is 0.153 e. The lowest BCUT2D eigenvalue weighted by molar-refractivity contribution is 0.224. The van der Waals surface area contributed by atoms with Crippen LogP contribution in [0.25, 0.3) is 0 Å². The van der Waals surface area contributed by atoms with Crippen LogP contribution in [-0.4, -0.2) is 50.0 Å². The van der Waals surface area contributed by atoms with Gasteiger partial charge in [-0.3, -0.25) is 0 Å². The Morgan fingerprint density at radius 2 is 1.87 bits per heavy atom. The molecule has 2 N–H and O–H groups in total. The molecule has 0 saturated carbocycles. The van der Waals surface area contributed by atoms with E-state index < -0.39 is 9.84 Å². The van der Waals surface area contributed by atoms with Gasteiger partial charge in [0.2, 0.25) is 0 Å². The minimum Gasteiger partial charge on any atom is -0.328 e. The lowest BCUT2D eigenvalue weighted by Crippen LogP contribution is -2.42. The average molecular weight is 234 g/mol. The van der Waals surface area contributed by atoms with E-state index >= 15 is 0 Å². The Hall–Kier alpha value is -0.130. The third kappa shape index (κ3) is 4.09. The second-order valence-corrected chi connectivity index (χ2v) is 7.27. The Balaban J connectivity index is 2.32. The molecule has 1 heterocycles. The molecule has 0 radical (unpaired) electrons. The molecule has 0 aromatic carbocycles. The van der Waals surface area contributed by atoms with Gasteiger partial charge in [-0.25, -0.2) is 8.42 Å². The molecule has 1 aliphatic heterocycles. The second kappa shape index (κ2) is 5.27. The van der Waals surface area contributed by atoms with Crippen LogP contribution in [0.3, 0.4) is 0 Å². The van der Waals surface area contributed by atoms with E-state index in [4.69, 9.17) is 5.73 Å². The van der Waals surface area contributed by atoms with Crippen LogP contribution in [0, 0.1) is 0 Å². The van der Waals surface area contributed by atoms with Crippen molar-refractivity contribution in [2.75, 3.05) is 25.4 Å². The summed E-state index contributed by atoms with van der Waals surface area (Å²) in [7, 11) is -2.88. The first-order chi connectivity index (χ1) is 6.92. The third-order valence-electron chi connectivity index (χ3n) is 3.04. The van der Waals surface area contributed by atoms with Crippen molar-refractivity contribution in [2.24, 2.45) is 5.73 Å². The SMILES string of the molecule is CC(C)S(=O)(=O)CCN1CCC(N)CC1. The van der Waals surface area contributed by atoms with Gasteiger partial charge in [-0.2, -0.15) is 0 Å². The van der Waals surface area contributed by atoms with Crippen LogP contribution in [-0.2, 0) is 9.84 Å². The number of piperidine rings is 1. The van der Waals surface area contributed by atoms with Crippen molar-refractivity contribution in [1.29, 1.82) is 0 Å². The van der Waals surface area contributed by atoms with E-state index in [1.165, 1.54) is 0 Å². The van der Waals surface area contributed by atoms with Gasteiger partial charge in [-0.1, -0.05) is 0 Å². The van der Waals surface area contributed by atoms with E-state index in [1.54, 1.807) is 13.8 Å². The van der Waals surface area contributed by atoms with Gasteiger partial charge in [0, 0.05) is 12.6 Å². The van der Waals surface area contributed by atoms with Crippen molar-refractivity contribution in [2.45, 2.75) is 38.0 Å². The summed E-state index contributed by atoms with van der Waals surface area (Å²) in [5.74, 6) is 0.278. The maximum Gasteiger partial charge on any atom is 0.153 e. The Labute approximate surface area is 92.7 Å². The highest BCUT2D eigenvalue weighted by atomic mass is 32.2. The first-order valence-electron chi connectivity index (χ1n) is 5.61. The van der Waals surface area contributed by atoms with Gasteiger partial charge in [-0.05, 0) is 39.8 Å². The molecule has 4 nitrogen and oxygen atoms in total. The van der Waals surface area contributed by atoms with Gasteiger partial charge in [-0.15, -0.1) is 0 Å². The first kappa shape index (κ1) is 12.9. The molecular weight excluding hydrogens is 212 g/mol. The monoisotopic (exact) mass is 234 g/mol. The molecule has 1 saturated heterocycles. The molecule has 15 heavy (non-hydrogen) atoms. The number of likely N-dealkylation sites (tertiary alicyclic amines) is 1. The maximum atomic E-state index is 11.6. The zero-order valence-corrected chi connectivity index (χ0v) is 10.5. The predicted octanol–water partition coefficient (Wildman–Crippen LogP) is 0.233. The zero-order valence-electron chi connectivity index (χ0n) is 9.65. The molecule has 1 aliphatic rings. The predicted molar refractivity (Wildman–Crippen MR) is 62.6 cm³/mol. The number of nitrogens with zero attached hydrogens (tertiary/aromatic N) is 1. The molecule has 0 aromatic rings. The number of sulfone groups is 1. The Kier molecular flexibility index (Phi) is 4.55. The Morgan fingerprint density at radius 3 is 2.33 bits per heavy atom. The molecule has 0 aromatic heterocycles. The topological polar surface area (TPSA) is 63.4 Å². The van der Waals surface area contributed by atoms with Crippen LogP contribution in [0.4, 0.5) is 0 Å². The lowest BCUT2D eigenvalue weighted by Gasteiger charge is -2.30. The number of rotatable bonds is 4. The normalized spacial score (nSPS) is 21.1. The molecule has 5 heteroatoms. The fourth-order valence-corrected chi connectivity index (χ4v) is 2.65. The highest BCUT2D eigenvalue weighted by molar-refractivity contribution is 7.92. The van der Waals surface area contributed by atoms with Crippen molar-refractivity contribution in [3.8, 4) is 0 Å². The molecule has 90 valence electrons. The average Bonchev–Trinajstić information content (AvgIpc) is 2.17. The molecule has 0 aliphatic carbocycles. The van der Waals surface area contributed by atoms with Crippen LogP contribution < -0.4 is 5.73 Å². The fraction of sp³-hybridized carbons (Fsp3) is 1.00. The molecule has 0 atom stereocenters. The summed E-state index contributed by atoms with van der Waals surface area (Å²) in [5.41, 5.74) is 5.78. The van der Waals surface area contributed by atoms with Crippen molar-refractivity contribution in [3.63, 3.8) is 0 Å². The largest absolute Gasteiger partial charge is 0.328 e. The van der Waals surface area contributed by atoms with Gasteiger partial charge in [0.15, 0.2) is 9.84 Å². The van der Waals surface area contributed by atoms with Gasteiger partial charge in [0.05, 0.1) is 11.0 Å². The minimum atomic E-state index is -2.88. The van der Waals surface area contributed by atoms with Crippen LogP contribution in [0.5, 0.6) is 0 Å². The summed E-state index contributed by atoms with van der Waals surface area (Å²) >= 11 is 0. The fourth-order valence-electron chi connectivity index (χ4n) is 1.67. The van der Waals surface area contributed by atoms with Gasteiger partial charge >= 0.3 is 0 Å². The summed E-state index contributed by atoms with van der Waals surface area (Å²) in [6.07, 6.45) is 1.98. The van der Waals surface area contributed by atoms with Crippen LogP contribution >= 0.6 is 0 Å². The van der Waals surface area contributed by atoms with Gasteiger partial charge in [0.25, 0.3) is 0 Å². The standard InChI is InChI=1S/C10H22N2O2S/c1-9(2)15(13,14)8-7-12-5-3-10(11)4-6-12/h9-10H,3-8,11H2,1-2H3. The Bertz CT molecular complexity index is 280. The molecule has 0 spiro atoms. The van der Waals surface area contributed by atoms with Crippen molar-refractivity contribution in [1.82, 2.24) is 4.90 Å². The summed E-state index contributed by atoms with van der Waals surface area (Å²) in [4.78, 5) is 2.20. The number of hydrogen-bond donors (Lipinski definition) is 1. The van der Waals surface area contributed by atoms with E-state index in [0.717, 1.165) is 25.9 Å². The van der Waals surface area contributed by atoms with E-state index in [2.05, 4.69) is 4.90 Å². The molecule has 0 amide bonds. The molecule has 1 rings (SSSR count). The number of hydrogen-bond acceptors (Lipinski definition) is 4. The summed E-state index contributed by atoms with van der Waals surface area (Å²) in [5, 5.41) is -0.260. The van der Waals surface area contributed by atoms with E-state index in [1.807, 2.05) is 0 Å². The van der Waals surface area contributed by atoms with Crippen molar-refractivity contribution >= 4 is 9.84 Å². The molecule has 1 fully saturated rings. The van der Waals surface area contributed by atoms with Crippen LogP contribution in [0.1, 0.15) is 26.7 Å². The van der Waals surface area contributed by atoms with E-state index in [9.17, 15) is 8.42 Å². The highest BCUT2D eigenvalue weighted by Crippen LogP contribution is 2.09. The van der Waals surface area contributed by atoms with Crippen molar-refractivity contribution < 1.29 is 8.42 Å². The van der Waals surface area contributed by atoms with Crippen molar-refractivity contribution in [3.05, 3.63) is 0 Å². The summed E-state index contributed by atoms with van der Waals surface area (Å²) in [6.45, 7) is 6.01. The second-order valence-electron chi connectivity index (χ2n) is 4.59. The third-order valence-corrected chi connectivity index (χ3v) is 5.23. The quantitative estimate of drug-likeness (QED) is 0.756. The van der Waals surface area contributed by atoms with E-state index in [-0.39, 0.29) is 11.0 Å². The summed E-state index contributed by atoms with van der Waals surface area (Å²) < 4.78 is 23.2. The zero-order chi connectivity index (χ0) is 11.5. The van der Waals surface area contributed by atoms with E-state index in [0.29, 0.717) is 12.6 Å². The lowest BCUT2D eigenvalue weighted by atomic mass is 10.1. The van der Waals surface area contributed by atoms with Crippen LogP contribution in [0.2, 0.25) is 0 Å². The first-order valence-corrected chi connectivity index (χ1v) is 7.33. The molecule has 0 unspecified atom stereocenters. The maximum absolute atomic E-state index is 11.6. The summed E-state index contributed by atoms with van der Waals surface area (Å²) in [6, 6.07) is 0.308. The number of nitrogens with two attached hydrogens (primary N) is 1. The Morgan fingerprint density at radius 1 is 1.33 bits per heavy atom. The van der Waals surface area contributed by atoms with Crippen LogP contribution in [0.15, 0.2) is 0 Å². The van der Waals surface area contributed by atoms with Gasteiger partial charge in [0.1, 0.15) is 0 Å². The van der Waals surface area contributed by atoms with Gasteiger partial charge < -0.3 is 10.6 Å². The highest BCUT2D eigenvalue weighted by Gasteiger charge is 2.20. The minimum absolute atomic E-state index is 0.260.